The zero-order chi connectivity index (χ0) is 15.2. The molecule has 0 fully saturated rings. The van der Waals surface area contributed by atoms with E-state index in [0.717, 1.165) is 11.3 Å². The standard InChI is InChI=1S/C15H13N6O/c1-21-15(17-19-20-21)14(12-7-3-2-4-8-12)18-22-11-13-9-5-6-10-16-13/h2-9H,11H2,1H3. The van der Waals surface area contributed by atoms with Crippen LogP contribution in [0, 0.1) is 6.20 Å². The van der Waals surface area contributed by atoms with E-state index >= 15 is 0 Å². The summed E-state index contributed by atoms with van der Waals surface area (Å²) in [5.41, 5.74) is 2.18. The summed E-state index contributed by atoms with van der Waals surface area (Å²) >= 11 is 0. The predicted molar refractivity (Wildman–Crippen MR) is 78.7 cm³/mol. The first-order chi connectivity index (χ1) is 10.8. The molecule has 0 amide bonds. The average molecular weight is 293 g/mol. The second kappa shape index (κ2) is 6.57. The smallest absolute Gasteiger partial charge is 0.204 e. The van der Waals surface area contributed by atoms with E-state index in [9.17, 15) is 0 Å². The highest BCUT2D eigenvalue weighted by molar-refractivity contribution is 6.10. The van der Waals surface area contributed by atoms with Crippen LogP contribution in [0.3, 0.4) is 0 Å². The molecule has 0 N–H and O–H groups in total. The summed E-state index contributed by atoms with van der Waals surface area (Å²) in [6.45, 7) is 0.249. The molecule has 7 heteroatoms. The van der Waals surface area contributed by atoms with Crippen molar-refractivity contribution in [3.63, 3.8) is 0 Å². The SMILES string of the molecule is Cn1nnnc1C(=NOCc1ccc[c]n1)c1ccccc1. The number of pyridine rings is 1. The first kappa shape index (κ1) is 13.9. The van der Waals surface area contributed by atoms with Gasteiger partial charge in [-0.1, -0.05) is 41.6 Å². The van der Waals surface area contributed by atoms with Crippen molar-refractivity contribution in [2.24, 2.45) is 12.2 Å². The summed E-state index contributed by atoms with van der Waals surface area (Å²) in [5, 5.41) is 15.7. The van der Waals surface area contributed by atoms with Gasteiger partial charge >= 0.3 is 0 Å². The van der Waals surface area contributed by atoms with Gasteiger partial charge in [0.1, 0.15) is 0 Å². The maximum absolute atomic E-state index is 5.41. The van der Waals surface area contributed by atoms with Crippen LogP contribution in [0.1, 0.15) is 17.1 Å². The maximum atomic E-state index is 5.41. The first-order valence-electron chi connectivity index (χ1n) is 6.64. The Hall–Kier alpha value is -3.09. The van der Waals surface area contributed by atoms with Gasteiger partial charge in [0.05, 0.1) is 11.9 Å². The van der Waals surface area contributed by atoms with Gasteiger partial charge in [-0.2, -0.15) is 0 Å². The van der Waals surface area contributed by atoms with Gasteiger partial charge < -0.3 is 4.84 Å². The fraction of sp³-hybridized carbons (Fsp3) is 0.133. The predicted octanol–water partition coefficient (Wildman–Crippen LogP) is 1.37. The Bertz CT molecular complexity index is 754. The highest BCUT2D eigenvalue weighted by Crippen LogP contribution is 2.08. The normalized spacial score (nSPS) is 11.4. The third-order valence-electron chi connectivity index (χ3n) is 2.91. The molecule has 0 atom stereocenters. The van der Waals surface area contributed by atoms with Crippen LogP contribution in [0.25, 0.3) is 0 Å². The van der Waals surface area contributed by atoms with Gasteiger partial charge in [0.25, 0.3) is 0 Å². The molecule has 3 rings (SSSR count). The number of rotatable bonds is 5. The summed E-state index contributed by atoms with van der Waals surface area (Å²) in [5.74, 6) is 0.527. The largest absolute Gasteiger partial charge is 0.389 e. The van der Waals surface area contributed by atoms with Crippen LogP contribution in [-0.4, -0.2) is 30.9 Å². The van der Waals surface area contributed by atoms with E-state index in [2.05, 4.69) is 31.9 Å². The highest BCUT2D eigenvalue weighted by atomic mass is 16.6. The van der Waals surface area contributed by atoms with Crippen LogP contribution in [-0.2, 0) is 18.5 Å². The number of aromatic nitrogens is 5. The molecule has 7 nitrogen and oxygen atoms in total. The first-order valence-corrected chi connectivity index (χ1v) is 6.64. The molecule has 0 aliphatic rings. The Morgan fingerprint density at radius 2 is 2.09 bits per heavy atom. The third-order valence-corrected chi connectivity index (χ3v) is 2.91. The molecule has 0 aliphatic carbocycles. The zero-order valence-corrected chi connectivity index (χ0v) is 11.9. The summed E-state index contributed by atoms with van der Waals surface area (Å²) in [4.78, 5) is 9.48. The van der Waals surface area contributed by atoms with Crippen molar-refractivity contribution >= 4 is 5.71 Å². The van der Waals surface area contributed by atoms with Crippen molar-refractivity contribution in [3.05, 3.63) is 71.8 Å². The molecule has 0 saturated heterocycles. The van der Waals surface area contributed by atoms with Gasteiger partial charge in [-0.3, -0.25) is 0 Å². The number of tetrazole rings is 1. The average Bonchev–Trinajstić information content (AvgIpc) is 2.99. The van der Waals surface area contributed by atoms with Gasteiger partial charge in [0.2, 0.25) is 5.82 Å². The Labute approximate surface area is 127 Å². The van der Waals surface area contributed by atoms with Gasteiger partial charge in [0, 0.05) is 12.6 Å². The molecule has 1 aromatic carbocycles. The minimum atomic E-state index is 0.249. The van der Waals surface area contributed by atoms with E-state index in [0.29, 0.717) is 11.5 Å². The lowest BCUT2D eigenvalue weighted by molar-refractivity contribution is 0.128. The van der Waals surface area contributed by atoms with Crippen LogP contribution in [0.4, 0.5) is 0 Å². The van der Waals surface area contributed by atoms with Crippen LogP contribution in [0.5, 0.6) is 0 Å². The number of hydrogen-bond donors (Lipinski definition) is 0. The number of oxime groups is 1. The topological polar surface area (TPSA) is 78.1 Å². The van der Waals surface area contributed by atoms with E-state index in [1.165, 1.54) is 0 Å². The molecule has 0 saturated carbocycles. The van der Waals surface area contributed by atoms with E-state index < -0.39 is 0 Å². The van der Waals surface area contributed by atoms with E-state index in [1.54, 1.807) is 17.8 Å². The quantitative estimate of drug-likeness (QED) is 0.524. The Kier molecular flexibility index (Phi) is 4.15. The second-order valence-electron chi connectivity index (χ2n) is 4.46. The van der Waals surface area contributed by atoms with Crippen molar-refractivity contribution in [2.75, 3.05) is 0 Å². The summed E-state index contributed by atoms with van der Waals surface area (Å²) < 4.78 is 1.55. The van der Waals surface area contributed by atoms with Crippen LogP contribution >= 0.6 is 0 Å². The Balaban J connectivity index is 1.86. The van der Waals surface area contributed by atoms with E-state index in [1.807, 2.05) is 42.5 Å². The third kappa shape index (κ3) is 3.14. The van der Waals surface area contributed by atoms with Crippen molar-refractivity contribution in [1.82, 2.24) is 25.2 Å². The Morgan fingerprint density at radius 1 is 1.23 bits per heavy atom. The van der Waals surface area contributed by atoms with Crippen molar-refractivity contribution < 1.29 is 4.84 Å². The van der Waals surface area contributed by atoms with Crippen molar-refractivity contribution in [1.29, 1.82) is 0 Å². The van der Waals surface area contributed by atoms with Crippen LogP contribution in [0.2, 0.25) is 0 Å². The monoisotopic (exact) mass is 293 g/mol. The molecular formula is C15H13N6O. The number of hydrogen-bond acceptors (Lipinski definition) is 6. The second-order valence-corrected chi connectivity index (χ2v) is 4.46. The number of aryl methyl sites for hydroxylation is 1. The van der Waals surface area contributed by atoms with Crippen molar-refractivity contribution in [3.8, 4) is 0 Å². The summed E-state index contributed by atoms with van der Waals surface area (Å²) in [6, 6.07) is 15.0. The highest BCUT2D eigenvalue weighted by Gasteiger charge is 2.14. The van der Waals surface area contributed by atoms with Crippen molar-refractivity contribution in [2.45, 2.75) is 6.61 Å². The minimum Gasteiger partial charge on any atom is -0.389 e. The molecule has 0 unspecified atom stereocenters. The lowest BCUT2D eigenvalue weighted by Crippen LogP contribution is -2.12. The molecule has 3 aromatic rings. The Morgan fingerprint density at radius 3 is 2.77 bits per heavy atom. The molecular weight excluding hydrogens is 280 g/mol. The van der Waals surface area contributed by atoms with E-state index in [4.69, 9.17) is 4.84 Å². The van der Waals surface area contributed by atoms with E-state index in [-0.39, 0.29) is 6.61 Å². The molecule has 0 aliphatic heterocycles. The fourth-order valence-electron chi connectivity index (χ4n) is 1.85. The molecule has 0 spiro atoms. The minimum absolute atomic E-state index is 0.249. The summed E-state index contributed by atoms with van der Waals surface area (Å²) in [7, 11) is 1.75. The molecule has 0 bridgehead atoms. The van der Waals surface area contributed by atoms with Gasteiger partial charge in [0.15, 0.2) is 12.3 Å². The van der Waals surface area contributed by atoms with Gasteiger partial charge in [-0.15, -0.1) is 5.10 Å². The van der Waals surface area contributed by atoms with Gasteiger partial charge in [-0.25, -0.2) is 9.67 Å². The molecule has 2 heterocycles. The zero-order valence-electron chi connectivity index (χ0n) is 11.9. The maximum Gasteiger partial charge on any atom is 0.204 e. The van der Waals surface area contributed by atoms with Gasteiger partial charge in [-0.05, 0) is 22.6 Å². The molecule has 2 aromatic heterocycles. The number of nitrogens with zero attached hydrogens (tertiary/aromatic N) is 6. The summed E-state index contributed by atoms with van der Waals surface area (Å²) in [6.07, 6.45) is 2.75. The number of benzene rings is 1. The molecule has 22 heavy (non-hydrogen) atoms. The lowest BCUT2D eigenvalue weighted by atomic mass is 10.1. The van der Waals surface area contributed by atoms with Crippen LogP contribution < -0.4 is 0 Å². The molecule has 109 valence electrons. The fourth-order valence-corrected chi connectivity index (χ4v) is 1.85. The molecule has 1 radical (unpaired) electrons. The lowest BCUT2D eigenvalue weighted by Gasteiger charge is -2.05. The van der Waals surface area contributed by atoms with Crippen LogP contribution in [0.15, 0.2) is 53.7 Å².